The lowest BCUT2D eigenvalue weighted by Crippen LogP contribution is -2.35. The minimum atomic E-state index is -0.0702. The van der Waals surface area contributed by atoms with Crippen molar-refractivity contribution >= 4 is 34.0 Å². The van der Waals surface area contributed by atoms with Crippen LogP contribution in [0.3, 0.4) is 0 Å². The summed E-state index contributed by atoms with van der Waals surface area (Å²) in [6.07, 6.45) is 5.06. The molecule has 3 aromatic heterocycles. The lowest BCUT2D eigenvalue weighted by molar-refractivity contribution is 0.197. The lowest BCUT2D eigenvalue weighted by atomic mass is 10.1. The number of rotatable bonds is 7. The average Bonchev–Trinajstić information content (AvgIpc) is 3.20. The van der Waals surface area contributed by atoms with Crippen molar-refractivity contribution in [2.45, 2.75) is 6.54 Å². The second-order valence-corrected chi connectivity index (χ2v) is 6.86. The number of pyridine rings is 2. The van der Waals surface area contributed by atoms with Crippen molar-refractivity contribution in [1.29, 1.82) is 0 Å². The predicted molar refractivity (Wildman–Crippen MR) is 117 cm³/mol. The fourth-order valence-electron chi connectivity index (χ4n) is 3.27. The second-order valence-electron chi connectivity index (χ2n) is 6.86. The molecule has 0 saturated carbocycles. The molecule has 0 aliphatic carbocycles. The van der Waals surface area contributed by atoms with Crippen LogP contribution in [0.25, 0.3) is 10.9 Å². The average molecular weight is 416 g/mol. The van der Waals surface area contributed by atoms with Crippen LogP contribution in [-0.2, 0) is 6.54 Å². The van der Waals surface area contributed by atoms with E-state index in [0.717, 1.165) is 22.2 Å². The summed E-state index contributed by atoms with van der Waals surface area (Å²) < 4.78 is 5.35. The van der Waals surface area contributed by atoms with Crippen molar-refractivity contribution in [2.24, 2.45) is 0 Å². The zero-order valence-electron chi connectivity index (χ0n) is 16.5. The molecule has 156 valence electrons. The molecule has 4 N–H and O–H groups in total. The highest BCUT2D eigenvalue weighted by atomic mass is 16.5. The minimum Gasteiger partial charge on any atom is -0.475 e. The van der Waals surface area contributed by atoms with Gasteiger partial charge in [-0.3, -0.25) is 15.4 Å². The third-order valence-electron chi connectivity index (χ3n) is 4.68. The van der Waals surface area contributed by atoms with Gasteiger partial charge in [0.15, 0.2) is 17.5 Å². The van der Waals surface area contributed by atoms with Gasteiger partial charge in [-0.15, -0.1) is 5.53 Å². The van der Waals surface area contributed by atoms with Gasteiger partial charge in [-0.1, -0.05) is 12.1 Å². The van der Waals surface area contributed by atoms with Crippen molar-refractivity contribution in [2.75, 3.05) is 29.0 Å². The third kappa shape index (κ3) is 4.15. The van der Waals surface area contributed by atoms with Crippen LogP contribution < -0.4 is 26.0 Å². The molecular formula is C21H20N8O2. The molecule has 5 rings (SSSR count). The van der Waals surface area contributed by atoms with Crippen molar-refractivity contribution in [3.63, 3.8) is 0 Å². The number of aliphatic hydroxyl groups is 1. The number of anilines is 4. The summed E-state index contributed by atoms with van der Waals surface area (Å²) in [4.78, 5) is 17.6. The van der Waals surface area contributed by atoms with Crippen molar-refractivity contribution in [3.05, 3.63) is 66.6 Å². The molecule has 0 spiro atoms. The molecule has 0 radical (unpaired) electrons. The van der Waals surface area contributed by atoms with Gasteiger partial charge in [0.2, 0.25) is 5.88 Å². The van der Waals surface area contributed by atoms with E-state index in [9.17, 15) is 0 Å². The van der Waals surface area contributed by atoms with E-state index < -0.39 is 0 Å². The molecule has 0 unspecified atom stereocenters. The van der Waals surface area contributed by atoms with E-state index >= 15 is 0 Å². The molecule has 0 atom stereocenters. The van der Waals surface area contributed by atoms with Crippen molar-refractivity contribution < 1.29 is 9.84 Å². The van der Waals surface area contributed by atoms with E-state index in [0.29, 0.717) is 29.9 Å². The molecule has 0 amide bonds. The van der Waals surface area contributed by atoms with Gasteiger partial charge in [0.1, 0.15) is 6.61 Å². The maximum absolute atomic E-state index is 8.90. The largest absolute Gasteiger partial charge is 0.475 e. The quantitative estimate of drug-likeness (QED) is 0.357. The first-order valence-electron chi connectivity index (χ1n) is 9.75. The highest BCUT2D eigenvalue weighted by Crippen LogP contribution is 2.29. The van der Waals surface area contributed by atoms with Gasteiger partial charge in [-0.2, -0.15) is 0 Å². The Bertz CT molecular complexity index is 1220. The summed E-state index contributed by atoms with van der Waals surface area (Å²) >= 11 is 0. The molecule has 0 saturated heterocycles. The Labute approximate surface area is 177 Å². The summed E-state index contributed by atoms with van der Waals surface area (Å²) in [6, 6.07) is 13.7. The third-order valence-corrected chi connectivity index (χ3v) is 4.68. The molecule has 0 bridgehead atoms. The Morgan fingerprint density at radius 1 is 1.06 bits per heavy atom. The first-order valence-corrected chi connectivity index (χ1v) is 9.75. The molecule has 10 nitrogen and oxygen atoms in total. The number of ether oxygens (including phenoxy) is 1. The predicted octanol–water partition coefficient (Wildman–Crippen LogP) is 2.39. The highest BCUT2D eigenvalue weighted by molar-refractivity contribution is 5.79. The van der Waals surface area contributed by atoms with Crippen LogP contribution in [0.1, 0.15) is 5.56 Å². The summed E-state index contributed by atoms with van der Waals surface area (Å²) in [6.45, 7) is 0.711. The Morgan fingerprint density at radius 2 is 2.03 bits per heavy atom. The molecular weight excluding hydrogens is 396 g/mol. The number of hydrazine groups is 2. The summed E-state index contributed by atoms with van der Waals surface area (Å²) in [5.74, 6) is 2.33. The zero-order chi connectivity index (χ0) is 21.0. The monoisotopic (exact) mass is 416 g/mol. The molecule has 0 fully saturated rings. The summed E-state index contributed by atoms with van der Waals surface area (Å²) in [7, 11) is 0. The maximum atomic E-state index is 8.90. The molecule has 31 heavy (non-hydrogen) atoms. The number of nitrogens with zero attached hydrogens (tertiary/aromatic N) is 5. The van der Waals surface area contributed by atoms with E-state index in [4.69, 9.17) is 14.8 Å². The van der Waals surface area contributed by atoms with Gasteiger partial charge in [-0.25, -0.2) is 15.0 Å². The molecule has 4 heterocycles. The number of aromatic nitrogens is 4. The smallest absolute Gasteiger partial charge is 0.215 e. The molecule has 10 heteroatoms. The van der Waals surface area contributed by atoms with Crippen LogP contribution in [0.2, 0.25) is 0 Å². The Morgan fingerprint density at radius 3 is 2.97 bits per heavy atom. The number of aliphatic hydroxyl groups excluding tert-OH is 1. The fraction of sp³-hybridized carbons (Fsp3) is 0.143. The standard InChI is InChI=1S/C21H20N8O2/c30-8-9-31-19-11-16(5-7-23-19)25-18-12-24-20-21(26-18)29(28-27-20)13-14-3-4-17-15(10-14)2-1-6-22-17/h1-7,10-12,28,30H,8-9,13H2,(H,24,27)(H,23,25,26). The highest BCUT2D eigenvalue weighted by Gasteiger charge is 2.22. The number of hydrogen-bond acceptors (Lipinski definition) is 10. The number of nitrogens with one attached hydrogen (secondary N) is 3. The Kier molecular flexibility index (Phi) is 5.13. The molecule has 1 aliphatic rings. The van der Waals surface area contributed by atoms with Gasteiger partial charge in [0.05, 0.1) is 24.9 Å². The molecule has 1 aliphatic heterocycles. The van der Waals surface area contributed by atoms with Crippen LogP contribution in [0.5, 0.6) is 5.88 Å². The van der Waals surface area contributed by atoms with Crippen LogP contribution >= 0.6 is 0 Å². The van der Waals surface area contributed by atoms with Crippen LogP contribution in [0.15, 0.2) is 61.1 Å². The van der Waals surface area contributed by atoms with E-state index in [1.165, 1.54) is 0 Å². The molecule has 1 aromatic carbocycles. The summed E-state index contributed by atoms with van der Waals surface area (Å²) in [5.41, 5.74) is 8.97. The first kappa shape index (κ1) is 19.0. The normalized spacial score (nSPS) is 12.5. The van der Waals surface area contributed by atoms with Gasteiger partial charge >= 0.3 is 0 Å². The van der Waals surface area contributed by atoms with Gasteiger partial charge in [0, 0.05) is 29.5 Å². The maximum Gasteiger partial charge on any atom is 0.215 e. The second kappa shape index (κ2) is 8.38. The number of hydrogen-bond donors (Lipinski definition) is 4. The van der Waals surface area contributed by atoms with Gasteiger partial charge in [0.25, 0.3) is 0 Å². The number of fused-ring (bicyclic) bond motifs is 2. The first-order chi connectivity index (χ1) is 15.3. The minimum absolute atomic E-state index is 0.0702. The van der Waals surface area contributed by atoms with Gasteiger partial charge < -0.3 is 15.2 Å². The van der Waals surface area contributed by atoms with Gasteiger partial charge in [-0.05, 0) is 29.8 Å². The zero-order valence-corrected chi connectivity index (χ0v) is 16.5. The SMILES string of the molecule is OCCOc1cc(Nc2cnc3c(n2)N(Cc2ccc4ncccc4c2)NN3)ccn1. The lowest BCUT2D eigenvalue weighted by Gasteiger charge is -2.17. The van der Waals surface area contributed by atoms with Crippen molar-refractivity contribution in [3.8, 4) is 5.88 Å². The Balaban J connectivity index is 1.34. The van der Waals surface area contributed by atoms with Crippen LogP contribution in [0, 0.1) is 0 Å². The van der Waals surface area contributed by atoms with E-state index in [-0.39, 0.29) is 13.2 Å². The topological polar surface area (TPSA) is 120 Å². The molecule has 4 aromatic rings. The van der Waals surface area contributed by atoms with Crippen LogP contribution in [-0.4, -0.2) is 38.3 Å². The Hall–Kier alpha value is -4.02. The van der Waals surface area contributed by atoms with Crippen LogP contribution in [0.4, 0.5) is 23.1 Å². The van der Waals surface area contributed by atoms with E-state index in [2.05, 4.69) is 43.4 Å². The fourth-order valence-corrected chi connectivity index (χ4v) is 3.27. The van der Waals surface area contributed by atoms with E-state index in [1.807, 2.05) is 23.2 Å². The van der Waals surface area contributed by atoms with E-state index in [1.54, 1.807) is 30.7 Å². The summed E-state index contributed by atoms with van der Waals surface area (Å²) in [5, 5.41) is 15.1. The van der Waals surface area contributed by atoms with Crippen molar-refractivity contribution in [1.82, 2.24) is 25.5 Å². The number of benzene rings is 1.